The monoisotopic (exact) mass is 540 g/mol. The number of aromatic nitrogens is 1. The van der Waals surface area contributed by atoms with E-state index in [1.54, 1.807) is 0 Å². The molecule has 0 bridgehead atoms. The van der Waals surface area contributed by atoms with E-state index >= 15 is 0 Å². The van der Waals surface area contributed by atoms with Crippen molar-refractivity contribution in [3.8, 4) is 0 Å². The van der Waals surface area contributed by atoms with Crippen molar-refractivity contribution >= 4 is 11.7 Å². The first kappa shape index (κ1) is 29.5. The van der Waals surface area contributed by atoms with Crippen molar-refractivity contribution < 1.29 is 79.4 Å². The number of carbonyl (C=O) groups excluding carboxylic acids is 1. The standard InChI is InChI=1S/C14H5F17N2O/c15-7(16,6(34)33-5-3-1-2-4-32-5)8(17,18)9(19,20)10(21,22)11(23,24)12(25,26)13(27,28)14(29,30)31/h1-4H,(H,32,33,34). The molecule has 0 aliphatic rings. The Balaban J connectivity index is 3.57. The van der Waals surface area contributed by atoms with Crippen LogP contribution in [0.25, 0.3) is 0 Å². The number of carbonyl (C=O) groups is 1. The Morgan fingerprint density at radius 3 is 1.32 bits per heavy atom. The van der Waals surface area contributed by atoms with Crippen molar-refractivity contribution in [2.75, 3.05) is 5.32 Å². The Kier molecular flexibility index (Phi) is 6.92. The van der Waals surface area contributed by atoms with Crippen LogP contribution in [-0.2, 0) is 4.79 Å². The van der Waals surface area contributed by atoms with Gasteiger partial charge in [0, 0.05) is 6.20 Å². The number of rotatable bonds is 8. The minimum absolute atomic E-state index is 0.521. The zero-order valence-electron chi connectivity index (χ0n) is 15.1. The number of nitrogens with one attached hydrogen (secondary N) is 1. The maximum Gasteiger partial charge on any atom is 0.460 e. The maximum atomic E-state index is 13.7. The van der Waals surface area contributed by atoms with Crippen LogP contribution in [-0.4, -0.2) is 58.5 Å². The Morgan fingerprint density at radius 2 is 0.971 bits per heavy atom. The normalized spacial score (nSPS) is 15.3. The van der Waals surface area contributed by atoms with Gasteiger partial charge in [-0.25, -0.2) is 4.98 Å². The van der Waals surface area contributed by atoms with Gasteiger partial charge in [0.05, 0.1) is 0 Å². The number of anilines is 1. The average molecular weight is 540 g/mol. The second-order valence-corrected chi connectivity index (χ2v) is 6.19. The van der Waals surface area contributed by atoms with Crippen LogP contribution < -0.4 is 5.32 Å². The van der Waals surface area contributed by atoms with Gasteiger partial charge >= 0.3 is 53.5 Å². The first-order valence-corrected chi connectivity index (χ1v) is 7.69. The summed E-state index contributed by atoms with van der Waals surface area (Å²) in [6.07, 6.45) is -7.17. The van der Waals surface area contributed by atoms with Gasteiger partial charge in [-0.3, -0.25) is 4.79 Å². The van der Waals surface area contributed by atoms with Crippen molar-refractivity contribution in [1.29, 1.82) is 0 Å². The summed E-state index contributed by atoms with van der Waals surface area (Å²) < 4.78 is 223. The SMILES string of the molecule is O=C(Nc1ccccn1)C(F)(F)C(F)(F)C(F)(F)C(F)(F)C(F)(F)C(F)(F)C(F)(F)C(F)(F)F. The van der Waals surface area contributed by atoms with Crippen LogP contribution in [0, 0.1) is 0 Å². The highest BCUT2D eigenvalue weighted by molar-refractivity contribution is 5.96. The third-order valence-corrected chi connectivity index (χ3v) is 3.91. The topological polar surface area (TPSA) is 42.0 Å². The number of nitrogens with zero attached hydrogens (tertiary/aromatic N) is 1. The number of pyridine rings is 1. The Hall–Kier alpha value is -2.57. The summed E-state index contributed by atoms with van der Waals surface area (Å²) in [7, 11) is 0. The highest BCUT2D eigenvalue weighted by Gasteiger charge is 2.95. The van der Waals surface area contributed by atoms with Gasteiger partial charge < -0.3 is 5.32 Å². The lowest BCUT2D eigenvalue weighted by molar-refractivity contribution is -0.459. The molecule has 3 nitrogen and oxygen atoms in total. The van der Waals surface area contributed by atoms with Crippen LogP contribution in [0.3, 0.4) is 0 Å². The second kappa shape index (κ2) is 7.99. The number of halogens is 17. The van der Waals surface area contributed by atoms with E-state index < -0.39 is 59.4 Å². The van der Waals surface area contributed by atoms with Crippen LogP contribution >= 0.6 is 0 Å². The third-order valence-electron chi connectivity index (χ3n) is 3.91. The van der Waals surface area contributed by atoms with Crippen molar-refractivity contribution in [2.45, 2.75) is 47.6 Å². The van der Waals surface area contributed by atoms with E-state index in [9.17, 15) is 79.4 Å². The van der Waals surface area contributed by atoms with Crippen LogP contribution in [0.1, 0.15) is 0 Å². The zero-order valence-corrected chi connectivity index (χ0v) is 15.1. The Labute approximate surface area is 174 Å². The lowest BCUT2D eigenvalue weighted by Crippen LogP contribution is -2.75. The molecule has 1 heterocycles. The molecule has 0 radical (unpaired) electrons. The van der Waals surface area contributed by atoms with E-state index in [-0.39, 0.29) is 0 Å². The fraction of sp³-hybridized carbons (Fsp3) is 0.571. The second-order valence-electron chi connectivity index (χ2n) is 6.19. The number of hydrogen-bond acceptors (Lipinski definition) is 2. The Bertz CT molecular complexity index is 893. The molecule has 0 saturated heterocycles. The van der Waals surface area contributed by atoms with Gasteiger partial charge in [-0.05, 0) is 12.1 Å². The number of alkyl halides is 17. The molecule has 196 valence electrons. The molecule has 1 N–H and O–H groups in total. The maximum absolute atomic E-state index is 13.7. The molecule has 0 unspecified atom stereocenters. The van der Waals surface area contributed by atoms with E-state index in [0.29, 0.717) is 17.6 Å². The van der Waals surface area contributed by atoms with Gasteiger partial charge in [-0.1, -0.05) is 6.07 Å². The summed E-state index contributed by atoms with van der Waals surface area (Å²) in [5.41, 5.74) is 0. The third kappa shape index (κ3) is 3.87. The minimum atomic E-state index is -8.75. The van der Waals surface area contributed by atoms with Gasteiger partial charge in [-0.2, -0.15) is 74.6 Å². The molecule has 0 aromatic carbocycles. The van der Waals surface area contributed by atoms with Gasteiger partial charge in [-0.15, -0.1) is 0 Å². The fourth-order valence-corrected chi connectivity index (χ4v) is 1.94. The van der Waals surface area contributed by atoms with Crippen LogP contribution in [0.5, 0.6) is 0 Å². The lowest BCUT2D eigenvalue weighted by atomic mass is 9.89. The van der Waals surface area contributed by atoms with E-state index in [2.05, 4.69) is 4.98 Å². The van der Waals surface area contributed by atoms with Gasteiger partial charge in [0.1, 0.15) is 5.82 Å². The molecule has 1 aromatic heterocycles. The van der Waals surface area contributed by atoms with Crippen molar-refractivity contribution in [1.82, 2.24) is 4.98 Å². The summed E-state index contributed by atoms with van der Waals surface area (Å²) in [6.45, 7) is 0. The molecule has 1 rings (SSSR count). The fourth-order valence-electron chi connectivity index (χ4n) is 1.94. The molecule has 0 aliphatic heterocycles. The Morgan fingerprint density at radius 1 is 0.588 bits per heavy atom. The summed E-state index contributed by atoms with van der Waals surface area (Å²) in [6, 6.07) is 2.38. The predicted octanol–water partition coefficient (Wildman–Crippen LogP) is 6.03. The zero-order chi connectivity index (χ0) is 27.4. The summed E-state index contributed by atoms with van der Waals surface area (Å²) in [5.74, 6) is -62.9. The molecule has 0 saturated carbocycles. The highest BCUT2D eigenvalue weighted by Crippen LogP contribution is 2.63. The first-order valence-electron chi connectivity index (χ1n) is 7.69. The van der Waals surface area contributed by atoms with Crippen LogP contribution in [0.15, 0.2) is 24.4 Å². The van der Waals surface area contributed by atoms with Crippen LogP contribution in [0.4, 0.5) is 80.5 Å². The van der Waals surface area contributed by atoms with Gasteiger partial charge in [0.2, 0.25) is 0 Å². The summed E-state index contributed by atoms with van der Waals surface area (Å²) in [5, 5.41) is 0.662. The first-order chi connectivity index (χ1) is 14.7. The largest absolute Gasteiger partial charge is 0.460 e. The molecule has 34 heavy (non-hydrogen) atoms. The average Bonchev–Trinajstić information content (AvgIpc) is 2.66. The smallest absolute Gasteiger partial charge is 0.305 e. The van der Waals surface area contributed by atoms with Gasteiger partial charge in [0.25, 0.3) is 0 Å². The molecule has 0 aliphatic carbocycles. The van der Waals surface area contributed by atoms with E-state index in [4.69, 9.17) is 0 Å². The predicted molar refractivity (Wildman–Crippen MR) is 73.6 cm³/mol. The van der Waals surface area contributed by atoms with Crippen molar-refractivity contribution in [3.63, 3.8) is 0 Å². The van der Waals surface area contributed by atoms with E-state index in [1.807, 2.05) is 0 Å². The molecule has 20 heteroatoms. The molecule has 0 atom stereocenters. The number of amides is 1. The molecular formula is C14H5F17N2O. The molecule has 0 spiro atoms. The molecular weight excluding hydrogens is 535 g/mol. The van der Waals surface area contributed by atoms with Gasteiger partial charge in [0.15, 0.2) is 0 Å². The lowest BCUT2D eigenvalue weighted by Gasteiger charge is -2.42. The molecule has 0 fully saturated rings. The minimum Gasteiger partial charge on any atom is -0.305 e. The summed E-state index contributed by atoms with van der Waals surface area (Å²) >= 11 is 0. The van der Waals surface area contributed by atoms with E-state index in [0.717, 1.165) is 12.1 Å². The molecule has 1 aromatic rings. The quantitative estimate of drug-likeness (QED) is 0.410. The molecule has 1 amide bonds. The van der Waals surface area contributed by atoms with Crippen molar-refractivity contribution in [2.24, 2.45) is 0 Å². The highest BCUT2D eigenvalue weighted by atomic mass is 19.4. The summed E-state index contributed by atoms with van der Waals surface area (Å²) in [4.78, 5) is 14.2. The van der Waals surface area contributed by atoms with E-state index in [1.165, 1.54) is 0 Å². The van der Waals surface area contributed by atoms with Crippen LogP contribution in [0.2, 0.25) is 0 Å². The number of hydrogen-bond donors (Lipinski definition) is 1. The van der Waals surface area contributed by atoms with Crippen molar-refractivity contribution in [3.05, 3.63) is 24.4 Å².